The first-order chi connectivity index (χ1) is 10.2. The minimum atomic E-state index is -0.270. The van der Waals surface area contributed by atoms with Gasteiger partial charge in [0.15, 0.2) is 0 Å². The Balaban J connectivity index is 1.95. The number of ether oxygens (including phenoxy) is 1. The monoisotopic (exact) mass is 307 g/mol. The van der Waals surface area contributed by atoms with Crippen molar-refractivity contribution in [3.05, 3.63) is 70.0 Å². The van der Waals surface area contributed by atoms with Gasteiger partial charge in [-0.25, -0.2) is 4.39 Å². The van der Waals surface area contributed by atoms with E-state index in [1.807, 2.05) is 19.1 Å². The lowest BCUT2D eigenvalue weighted by Gasteiger charge is -2.11. The Kier molecular flexibility index (Phi) is 6.18. The van der Waals surface area contributed by atoms with E-state index in [9.17, 15) is 4.39 Å². The van der Waals surface area contributed by atoms with Gasteiger partial charge in [0.05, 0.1) is 6.61 Å². The zero-order valence-corrected chi connectivity index (χ0v) is 12.8. The molecule has 0 aliphatic carbocycles. The van der Waals surface area contributed by atoms with Crippen molar-refractivity contribution in [2.75, 3.05) is 6.61 Å². The van der Waals surface area contributed by atoms with Crippen molar-refractivity contribution in [3.63, 3.8) is 0 Å². The minimum Gasteiger partial charge on any atom is -0.377 e. The van der Waals surface area contributed by atoms with Crippen molar-refractivity contribution in [1.29, 1.82) is 0 Å². The van der Waals surface area contributed by atoms with Gasteiger partial charge in [0, 0.05) is 24.7 Å². The van der Waals surface area contributed by atoms with Crippen LogP contribution in [0.2, 0.25) is 5.02 Å². The van der Waals surface area contributed by atoms with Gasteiger partial charge in [-0.1, -0.05) is 35.9 Å². The first kappa shape index (κ1) is 16.0. The van der Waals surface area contributed by atoms with Crippen LogP contribution < -0.4 is 5.32 Å². The molecule has 0 aliphatic rings. The maximum absolute atomic E-state index is 13.2. The SMILES string of the molecule is CCOCc1ccccc1CNCc1cc(F)ccc1Cl. The number of benzene rings is 2. The van der Waals surface area contributed by atoms with E-state index in [0.29, 0.717) is 31.3 Å². The van der Waals surface area contributed by atoms with Crippen molar-refractivity contribution >= 4 is 11.6 Å². The van der Waals surface area contributed by atoms with Crippen LogP contribution in [0.1, 0.15) is 23.6 Å². The summed E-state index contributed by atoms with van der Waals surface area (Å²) in [6, 6.07) is 12.5. The fourth-order valence-electron chi connectivity index (χ4n) is 2.09. The van der Waals surface area contributed by atoms with Crippen LogP contribution in [0.4, 0.5) is 4.39 Å². The van der Waals surface area contributed by atoms with Gasteiger partial charge in [0.1, 0.15) is 5.82 Å². The second-order valence-electron chi connectivity index (χ2n) is 4.75. The van der Waals surface area contributed by atoms with Crippen LogP contribution >= 0.6 is 11.6 Å². The van der Waals surface area contributed by atoms with Crippen molar-refractivity contribution in [2.45, 2.75) is 26.6 Å². The summed E-state index contributed by atoms with van der Waals surface area (Å²) in [5, 5.41) is 3.87. The Morgan fingerprint density at radius 1 is 1.05 bits per heavy atom. The van der Waals surface area contributed by atoms with E-state index >= 15 is 0 Å². The van der Waals surface area contributed by atoms with E-state index < -0.39 is 0 Å². The molecule has 0 heterocycles. The number of halogens is 2. The molecule has 0 amide bonds. The third-order valence-electron chi connectivity index (χ3n) is 3.22. The fourth-order valence-corrected chi connectivity index (χ4v) is 2.28. The lowest BCUT2D eigenvalue weighted by Crippen LogP contribution is -2.14. The molecule has 2 nitrogen and oxygen atoms in total. The summed E-state index contributed by atoms with van der Waals surface area (Å²) in [6.07, 6.45) is 0. The van der Waals surface area contributed by atoms with Crippen LogP contribution in [0, 0.1) is 5.82 Å². The second-order valence-corrected chi connectivity index (χ2v) is 5.15. The van der Waals surface area contributed by atoms with E-state index in [1.54, 1.807) is 6.07 Å². The largest absolute Gasteiger partial charge is 0.377 e. The molecule has 4 heteroatoms. The van der Waals surface area contributed by atoms with Crippen molar-refractivity contribution in [1.82, 2.24) is 5.32 Å². The Morgan fingerprint density at radius 2 is 1.76 bits per heavy atom. The maximum Gasteiger partial charge on any atom is 0.123 e. The molecule has 0 spiro atoms. The standard InChI is InChI=1S/C17H19ClFNO/c1-2-21-12-14-6-4-3-5-13(14)10-20-11-15-9-16(19)7-8-17(15)18/h3-9,20H,2,10-12H2,1H3. The van der Waals surface area contributed by atoms with Gasteiger partial charge in [-0.3, -0.25) is 0 Å². The third-order valence-corrected chi connectivity index (χ3v) is 3.59. The molecular weight excluding hydrogens is 289 g/mol. The van der Waals surface area contributed by atoms with E-state index in [-0.39, 0.29) is 5.82 Å². The topological polar surface area (TPSA) is 21.3 Å². The van der Waals surface area contributed by atoms with Crippen molar-refractivity contribution < 1.29 is 9.13 Å². The Hall–Kier alpha value is -1.42. The lowest BCUT2D eigenvalue weighted by molar-refractivity contribution is 0.133. The summed E-state index contributed by atoms with van der Waals surface area (Å²) in [6.45, 7) is 4.50. The molecule has 0 aliphatic heterocycles. The summed E-state index contributed by atoms with van der Waals surface area (Å²) in [5.41, 5.74) is 3.11. The minimum absolute atomic E-state index is 0.270. The molecule has 0 bridgehead atoms. The number of nitrogens with one attached hydrogen (secondary N) is 1. The average molecular weight is 308 g/mol. The smallest absolute Gasteiger partial charge is 0.123 e. The molecule has 0 aromatic heterocycles. The van der Waals surface area contributed by atoms with Gasteiger partial charge in [0.25, 0.3) is 0 Å². The quantitative estimate of drug-likeness (QED) is 0.823. The van der Waals surface area contributed by atoms with Gasteiger partial charge in [-0.05, 0) is 41.8 Å². The summed E-state index contributed by atoms with van der Waals surface area (Å²) in [7, 11) is 0. The lowest BCUT2D eigenvalue weighted by atomic mass is 10.1. The van der Waals surface area contributed by atoms with Gasteiger partial charge in [-0.15, -0.1) is 0 Å². The van der Waals surface area contributed by atoms with Crippen molar-refractivity contribution in [3.8, 4) is 0 Å². The summed E-state index contributed by atoms with van der Waals surface area (Å²) < 4.78 is 18.7. The molecule has 2 aromatic rings. The molecule has 112 valence electrons. The number of rotatable bonds is 7. The van der Waals surface area contributed by atoms with Crippen molar-refractivity contribution in [2.24, 2.45) is 0 Å². The van der Waals surface area contributed by atoms with Gasteiger partial charge in [-0.2, -0.15) is 0 Å². The summed E-state index contributed by atoms with van der Waals surface area (Å²) in [4.78, 5) is 0. The molecule has 0 radical (unpaired) electrons. The second kappa shape index (κ2) is 8.13. The first-order valence-electron chi connectivity index (χ1n) is 7.00. The van der Waals surface area contributed by atoms with Crippen LogP contribution in [0.25, 0.3) is 0 Å². The van der Waals surface area contributed by atoms with Gasteiger partial charge < -0.3 is 10.1 Å². The van der Waals surface area contributed by atoms with E-state index in [4.69, 9.17) is 16.3 Å². The van der Waals surface area contributed by atoms with Crippen LogP contribution in [0.5, 0.6) is 0 Å². The third kappa shape index (κ3) is 4.81. The summed E-state index contributed by atoms with van der Waals surface area (Å²) >= 11 is 6.05. The van der Waals surface area contributed by atoms with E-state index in [0.717, 1.165) is 11.1 Å². The van der Waals surface area contributed by atoms with Crippen LogP contribution in [0.3, 0.4) is 0 Å². The number of hydrogen-bond acceptors (Lipinski definition) is 2. The molecule has 0 unspecified atom stereocenters. The zero-order valence-electron chi connectivity index (χ0n) is 12.0. The Labute approximate surface area is 129 Å². The highest BCUT2D eigenvalue weighted by Crippen LogP contribution is 2.17. The molecule has 0 saturated heterocycles. The van der Waals surface area contributed by atoms with Crippen LogP contribution in [0.15, 0.2) is 42.5 Å². The predicted molar refractivity (Wildman–Crippen MR) is 83.7 cm³/mol. The van der Waals surface area contributed by atoms with Gasteiger partial charge >= 0.3 is 0 Å². The normalized spacial score (nSPS) is 10.8. The highest BCUT2D eigenvalue weighted by atomic mass is 35.5. The molecular formula is C17H19ClFNO. The maximum atomic E-state index is 13.2. The Morgan fingerprint density at radius 3 is 2.52 bits per heavy atom. The highest BCUT2D eigenvalue weighted by molar-refractivity contribution is 6.31. The molecule has 1 N–H and O–H groups in total. The molecule has 21 heavy (non-hydrogen) atoms. The van der Waals surface area contributed by atoms with Gasteiger partial charge in [0.2, 0.25) is 0 Å². The molecule has 0 atom stereocenters. The Bertz CT molecular complexity index is 589. The number of hydrogen-bond donors (Lipinski definition) is 1. The molecule has 2 rings (SSSR count). The molecule has 2 aromatic carbocycles. The van der Waals surface area contributed by atoms with E-state index in [2.05, 4.69) is 17.4 Å². The molecule has 0 fully saturated rings. The zero-order chi connectivity index (χ0) is 15.1. The van der Waals surface area contributed by atoms with Crippen LogP contribution in [-0.4, -0.2) is 6.61 Å². The molecule has 0 saturated carbocycles. The van der Waals surface area contributed by atoms with E-state index in [1.165, 1.54) is 17.7 Å². The summed E-state index contributed by atoms with van der Waals surface area (Å²) in [5.74, 6) is -0.270. The highest BCUT2D eigenvalue weighted by Gasteiger charge is 2.04. The average Bonchev–Trinajstić information content (AvgIpc) is 2.50. The fraction of sp³-hybridized carbons (Fsp3) is 0.294. The van der Waals surface area contributed by atoms with Crippen LogP contribution in [-0.2, 0) is 24.4 Å². The predicted octanol–water partition coefficient (Wildman–Crippen LogP) is 4.31. The first-order valence-corrected chi connectivity index (χ1v) is 7.37.